The van der Waals surface area contributed by atoms with Gasteiger partial charge in [-0.2, -0.15) is 0 Å². The Labute approximate surface area is 162 Å². The Morgan fingerprint density at radius 1 is 1.15 bits per heavy atom. The molecule has 1 saturated heterocycles. The van der Waals surface area contributed by atoms with E-state index in [0.29, 0.717) is 11.4 Å². The first-order valence-corrected chi connectivity index (χ1v) is 8.75. The molecule has 1 aliphatic heterocycles. The highest BCUT2D eigenvalue weighted by Crippen LogP contribution is 2.17. The van der Waals surface area contributed by atoms with Gasteiger partial charge in [0.2, 0.25) is 0 Å². The van der Waals surface area contributed by atoms with Gasteiger partial charge in [-0.15, -0.1) is 0 Å². The third kappa shape index (κ3) is 4.92. The van der Waals surface area contributed by atoms with Gasteiger partial charge < -0.3 is 15.4 Å². The quantitative estimate of drug-likeness (QED) is 0.548. The second-order valence-corrected chi connectivity index (χ2v) is 6.58. The maximum atomic E-state index is 12.1. The summed E-state index contributed by atoms with van der Waals surface area (Å²) in [6.45, 7) is 3.90. The molecule has 3 N–H and O–H groups in total. The molecule has 2 aromatic carbocycles. The molecule has 27 heavy (non-hydrogen) atoms. The van der Waals surface area contributed by atoms with Gasteiger partial charge in [0, 0.05) is 5.69 Å². The van der Waals surface area contributed by atoms with Crippen LogP contribution in [0.2, 0.25) is 0 Å². The molecule has 2 aromatic rings. The van der Waals surface area contributed by atoms with Crippen LogP contribution in [-0.2, 0) is 9.59 Å². The monoisotopic (exact) mass is 381 g/mol. The predicted molar refractivity (Wildman–Crippen MR) is 108 cm³/mol. The minimum Gasteiger partial charge on any atom is -0.484 e. The van der Waals surface area contributed by atoms with Gasteiger partial charge in [0.1, 0.15) is 11.4 Å². The van der Waals surface area contributed by atoms with Crippen molar-refractivity contribution in [2.45, 2.75) is 13.8 Å². The Morgan fingerprint density at radius 3 is 2.67 bits per heavy atom. The fourth-order valence-electron chi connectivity index (χ4n) is 2.51. The van der Waals surface area contributed by atoms with E-state index < -0.39 is 0 Å². The van der Waals surface area contributed by atoms with Crippen LogP contribution in [0.5, 0.6) is 5.75 Å². The minimum atomic E-state index is -0.279. The highest BCUT2D eigenvalue weighted by Gasteiger charge is 2.19. The second-order valence-electron chi connectivity index (χ2n) is 6.17. The summed E-state index contributed by atoms with van der Waals surface area (Å²) in [5.41, 5.74) is 4.13. The zero-order valence-electron chi connectivity index (χ0n) is 15.0. The Bertz CT molecular complexity index is 953. The van der Waals surface area contributed by atoms with Crippen molar-refractivity contribution < 1.29 is 14.3 Å². The van der Waals surface area contributed by atoms with Gasteiger partial charge in [0.15, 0.2) is 11.7 Å². The van der Waals surface area contributed by atoms with Gasteiger partial charge in [0.25, 0.3) is 11.8 Å². The van der Waals surface area contributed by atoms with Gasteiger partial charge in [0.05, 0.1) is 0 Å². The second kappa shape index (κ2) is 8.01. The zero-order chi connectivity index (χ0) is 19.4. The molecule has 2 amide bonds. The topological polar surface area (TPSA) is 79.5 Å². The van der Waals surface area contributed by atoms with Gasteiger partial charge in [-0.1, -0.05) is 18.2 Å². The average molecular weight is 381 g/mol. The molecule has 0 bridgehead atoms. The van der Waals surface area contributed by atoms with Crippen molar-refractivity contribution in [3.8, 4) is 5.75 Å². The van der Waals surface area contributed by atoms with Crippen LogP contribution in [0.25, 0.3) is 6.08 Å². The first kappa shape index (κ1) is 18.6. The molecule has 0 spiro atoms. The van der Waals surface area contributed by atoms with Crippen molar-refractivity contribution in [2.75, 3.05) is 11.9 Å². The van der Waals surface area contributed by atoms with Gasteiger partial charge >= 0.3 is 0 Å². The largest absolute Gasteiger partial charge is 0.484 e. The van der Waals surface area contributed by atoms with E-state index in [1.165, 1.54) is 5.56 Å². The van der Waals surface area contributed by atoms with E-state index in [-0.39, 0.29) is 23.5 Å². The molecule has 1 aliphatic rings. The van der Waals surface area contributed by atoms with E-state index >= 15 is 0 Å². The number of carbonyl (C=O) groups excluding carboxylic acids is 2. The lowest BCUT2D eigenvalue weighted by molar-refractivity contribution is -0.118. The van der Waals surface area contributed by atoms with E-state index in [9.17, 15) is 9.59 Å². The number of aryl methyl sites for hydroxylation is 2. The van der Waals surface area contributed by atoms with Crippen molar-refractivity contribution in [3.63, 3.8) is 0 Å². The Kier molecular flexibility index (Phi) is 5.52. The SMILES string of the molecule is Cc1ccc(NC(=O)COc2cccc(C=C3NC(=S)NC3=O)c2)cc1C. The van der Waals surface area contributed by atoms with Crippen molar-refractivity contribution in [1.82, 2.24) is 10.6 Å². The summed E-state index contributed by atoms with van der Waals surface area (Å²) in [6, 6.07) is 12.8. The molecule has 0 saturated carbocycles. The van der Waals surface area contributed by atoms with Crippen molar-refractivity contribution in [3.05, 3.63) is 64.9 Å². The summed E-state index contributed by atoms with van der Waals surface area (Å²) in [6.07, 6.45) is 1.66. The molecule has 0 aliphatic carbocycles. The fraction of sp³-hybridized carbons (Fsp3) is 0.150. The van der Waals surface area contributed by atoms with E-state index in [4.69, 9.17) is 17.0 Å². The number of hydrogen-bond donors (Lipinski definition) is 3. The first-order chi connectivity index (χ1) is 12.9. The minimum absolute atomic E-state index is 0.115. The Balaban J connectivity index is 1.60. The zero-order valence-corrected chi connectivity index (χ0v) is 15.8. The van der Waals surface area contributed by atoms with E-state index in [1.807, 2.05) is 38.1 Å². The summed E-state index contributed by atoms with van der Waals surface area (Å²) in [5.74, 6) is 0.00357. The highest BCUT2D eigenvalue weighted by atomic mass is 32.1. The third-order valence-electron chi connectivity index (χ3n) is 4.05. The summed E-state index contributed by atoms with van der Waals surface area (Å²) in [7, 11) is 0. The number of thiocarbonyl (C=S) groups is 1. The van der Waals surface area contributed by atoms with Crippen LogP contribution in [0, 0.1) is 13.8 Å². The number of nitrogens with one attached hydrogen (secondary N) is 3. The lowest BCUT2D eigenvalue weighted by atomic mass is 10.1. The standard InChI is InChI=1S/C20H19N3O3S/c1-12-6-7-15(8-13(12)2)21-18(24)11-26-16-5-3-4-14(9-16)10-17-19(25)23-20(27)22-17/h3-10H,11H2,1-2H3,(H,21,24)(H2,22,23,25,27). The molecule has 0 radical (unpaired) electrons. The molecule has 138 valence electrons. The van der Waals surface area contributed by atoms with Crippen molar-refractivity contribution in [1.29, 1.82) is 0 Å². The number of anilines is 1. The van der Waals surface area contributed by atoms with Crippen LogP contribution < -0.4 is 20.7 Å². The van der Waals surface area contributed by atoms with Crippen molar-refractivity contribution >= 4 is 40.9 Å². The normalized spacial score (nSPS) is 14.7. The first-order valence-electron chi connectivity index (χ1n) is 8.35. The number of hydrogen-bond acceptors (Lipinski definition) is 4. The van der Waals surface area contributed by atoms with Crippen LogP contribution in [0.1, 0.15) is 16.7 Å². The number of rotatable bonds is 5. The summed E-state index contributed by atoms with van der Waals surface area (Å²) in [5, 5.41) is 8.38. The third-order valence-corrected chi connectivity index (χ3v) is 4.25. The molecule has 0 unspecified atom stereocenters. The molecule has 3 rings (SSSR count). The number of benzene rings is 2. The molecule has 0 atom stereocenters. The lowest BCUT2D eigenvalue weighted by Gasteiger charge is -2.09. The molecule has 0 aromatic heterocycles. The molecular weight excluding hydrogens is 362 g/mol. The van der Waals surface area contributed by atoms with Crippen molar-refractivity contribution in [2.24, 2.45) is 0 Å². The van der Waals surface area contributed by atoms with Crippen LogP contribution in [-0.4, -0.2) is 23.5 Å². The summed E-state index contributed by atoms with van der Waals surface area (Å²) in [4.78, 5) is 23.8. The Morgan fingerprint density at radius 2 is 1.96 bits per heavy atom. The Hall–Kier alpha value is -3.19. The summed E-state index contributed by atoms with van der Waals surface area (Å²) < 4.78 is 5.56. The number of amides is 2. The molecule has 1 fully saturated rings. The van der Waals surface area contributed by atoms with E-state index in [2.05, 4.69) is 16.0 Å². The molecule has 1 heterocycles. The molecule has 6 nitrogen and oxygen atoms in total. The van der Waals surface area contributed by atoms with Crippen LogP contribution in [0.15, 0.2) is 48.2 Å². The van der Waals surface area contributed by atoms with Gasteiger partial charge in [-0.05, 0) is 73.1 Å². The van der Waals surface area contributed by atoms with Crippen LogP contribution in [0.3, 0.4) is 0 Å². The van der Waals surface area contributed by atoms with Crippen LogP contribution in [0.4, 0.5) is 5.69 Å². The average Bonchev–Trinajstić information content (AvgIpc) is 2.94. The number of ether oxygens (including phenoxy) is 1. The predicted octanol–water partition coefficient (Wildman–Crippen LogP) is 2.67. The number of carbonyl (C=O) groups is 2. The lowest BCUT2D eigenvalue weighted by Crippen LogP contribution is -2.21. The van der Waals surface area contributed by atoms with E-state index in [1.54, 1.807) is 24.3 Å². The maximum absolute atomic E-state index is 12.1. The highest BCUT2D eigenvalue weighted by molar-refractivity contribution is 7.80. The molecular formula is C20H19N3O3S. The smallest absolute Gasteiger partial charge is 0.273 e. The fourth-order valence-corrected chi connectivity index (χ4v) is 2.71. The van der Waals surface area contributed by atoms with E-state index in [0.717, 1.165) is 16.8 Å². The van der Waals surface area contributed by atoms with Gasteiger partial charge in [-0.3, -0.25) is 14.9 Å². The maximum Gasteiger partial charge on any atom is 0.273 e. The van der Waals surface area contributed by atoms with Gasteiger partial charge in [-0.25, -0.2) is 0 Å². The molecule has 7 heteroatoms. The summed E-state index contributed by atoms with van der Waals surface area (Å²) >= 11 is 4.90. The van der Waals surface area contributed by atoms with Crippen LogP contribution >= 0.6 is 12.2 Å².